The highest BCUT2D eigenvalue weighted by Crippen LogP contribution is 2.27. The van der Waals surface area contributed by atoms with E-state index < -0.39 is 11.5 Å². The van der Waals surface area contributed by atoms with Gasteiger partial charge in [0, 0.05) is 16.7 Å². The number of aromatic nitrogens is 1. The second-order valence-electron chi connectivity index (χ2n) is 4.77. The number of benzene rings is 1. The molecule has 1 aromatic heterocycles. The Morgan fingerprint density at radius 3 is 2.80 bits per heavy atom. The van der Waals surface area contributed by atoms with Gasteiger partial charge in [-0.1, -0.05) is 35.0 Å². The molecule has 2 aromatic rings. The number of aliphatic hydroxyl groups is 1. The van der Waals surface area contributed by atoms with E-state index in [0.717, 1.165) is 0 Å². The van der Waals surface area contributed by atoms with Gasteiger partial charge in [0.15, 0.2) is 0 Å². The minimum Gasteiger partial charge on any atom is -0.384 e. The zero-order valence-corrected chi connectivity index (χ0v) is 11.9. The number of aryl methyl sites for hydroxylation is 1. The lowest BCUT2D eigenvalue weighted by molar-refractivity contribution is 0.0517. The van der Waals surface area contributed by atoms with Crippen molar-refractivity contribution in [2.24, 2.45) is 0 Å². The van der Waals surface area contributed by atoms with Crippen molar-refractivity contribution in [3.63, 3.8) is 0 Å². The van der Waals surface area contributed by atoms with E-state index in [-0.39, 0.29) is 12.3 Å². The van der Waals surface area contributed by atoms with Crippen LogP contribution < -0.4 is 5.32 Å². The fraction of sp³-hybridized carbons (Fsp3) is 0.286. The van der Waals surface area contributed by atoms with E-state index in [1.165, 1.54) is 6.07 Å². The summed E-state index contributed by atoms with van der Waals surface area (Å²) in [6.07, 6.45) is 0. The summed E-state index contributed by atoms with van der Waals surface area (Å²) >= 11 is 6.04. The predicted octanol–water partition coefficient (Wildman–Crippen LogP) is 2.27. The minimum atomic E-state index is -1.27. The molecular weight excluding hydrogens is 280 g/mol. The Labute approximate surface area is 121 Å². The summed E-state index contributed by atoms with van der Waals surface area (Å²) in [6.45, 7) is 3.32. The number of carbonyl (C=O) groups excluding carboxylic acids is 1. The summed E-state index contributed by atoms with van der Waals surface area (Å²) in [6, 6.07) is 8.48. The number of nitrogens with zero attached hydrogens (tertiary/aromatic N) is 1. The summed E-state index contributed by atoms with van der Waals surface area (Å²) in [4.78, 5) is 11.8. The first kappa shape index (κ1) is 14.6. The second-order valence-corrected chi connectivity index (χ2v) is 5.18. The first-order valence-corrected chi connectivity index (χ1v) is 6.47. The third-order valence-electron chi connectivity index (χ3n) is 2.90. The third kappa shape index (κ3) is 3.18. The van der Waals surface area contributed by atoms with Gasteiger partial charge in [0.05, 0.1) is 12.2 Å². The summed E-state index contributed by atoms with van der Waals surface area (Å²) in [7, 11) is 0. The molecule has 20 heavy (non-hydrogen) atoms. The van der Waals surface area contributed by atoms with Gasteiger partial charge < -0.3 is 14.9 Å². The topological polar surface area (TPSA) is 75.4 Å². The molecule has 1 heterocycles. The zero-order valence-electron chi connectivity index (χ0n) is 11.2. The first-order valence-electron chi connectivity index (χ1n) is 6.09. The Kier molecular flexibility index (Phi) is 4.11. The van der Waals surface area contributed by atoms with Crippen LogP contribution in [0, 0.1) is 6.92 Å². The largest absolute Gasteiger partial charge is 0.384 e. The van der Waals surface area contributed by atoms with Crippen LogP contribution in [0.4, 0.5) is 0 Å². The van der Waals surface area contributed by atoms with Crippen LogP contribution in [0.2, 0.25) is 5.02 Å². The van der Waals surface area contributed by atoms with Crippen LogP contribution in [-0.2, 0) is 5.60 Å². The molecule has 6 heteroatoms. The van der Waals surface area contributed by atoms with E-state index in [4.69, 9.17) is 16.1 Å². The quantitative estimate of drug-likeness (QED) is 0.907. The average molecular weight is 295 g/mol. The monoisotopic (exact) mass is 294 g/mol. The minimum absolute atomic E-state index is 0.00924. The summed E-state index contributed by atoms with van der Waals surface area (Å²) < 4.78 is 4.85. The van der Waals surface area contributed by atoms with Gasteiger partial charge in [-0.2, -0.15) is 0 Å². The molecule has 0 aliphatic carbocycles. The number of hydrogen-bond acceptors (Lipinski definition) is 4. The molecule has 0 bridgehead atoms. The number of rotatable bonds is 4. The lowest BCUT2D eigenvalue weighted by Gasteiger charge is -2.25. The van der Waals surface area contributed by atoms with Gasteiger partial charge in [-0.05, 0) is 19.9 Å². The van der Waals surface area contributed by atoms with Gasteiger partial charge in [0.25, 0.3) is 5.91 Å². The second kappa shape index (κ2) is 5.64. The summed E-state index contributed by atoms with van der Waals surface area (Å²) in [5, 5.41) is 17.1. The number of hydrogen-bond donors (Lipinski definition) is 2. The molecule has 0 unspecified atom stereocenters. The van der Waals surface area contributed by atoms with E-state index in [9.17, 15) is 9.90 Å². The number of carbonyl (C=O) groups is 1. The standard InChI is InChI=1S/C14H15ClN2O3/c1-9-7-12(20-17-9)13(18)16-8-14(2,19)10-5-3-4-6-11(10)15/h3-7,19H,8H2,1-2H3,(H,16,18)/t14-/m1/s1. The molecule has 0 aliphatic rings. The normalized spacial score (nSPS) is 13.8. The highest BCUT2D eigenvalue weighted by molar-refractivity contribution is 6.31. The van der Waals surface area contributed by atoms with Crippen molar-refractivity contribution in [3.8, 4) is 0 Å². The maximum absolute atomic E-state index is 11.8. The summed E-state index contributed by atoms with van der Waals surface area (Å²) in [5.41, 5.74) is -0.105. The maximum atomic E-state index is 11.8. The van der Waals surface area contributed by atoms with E-state index >= 15 is 0 Å². The average Bonchev–Trinajstić information content (AvgIpc) is 2.83. The van der Waals surface area contributed by atoms with Crippen LogP contribution in [0.25, 0.3) is 0 Å². The van der Waals surface area contributed by atoms with E-state index in [1.54, 1.807) is 38.1 Å². The highest BCUT2D eigenvalue weighted by atomic mass is 35.5. The van der Waals surface area contributed by atoms with E-state index in [0.29, 0.717) is 16.3 Å². The molecule has 5 nitrogen and oxygen atoms in total. The zero-order chi connectivity index (χ0) is 14.8. The Bertz CT molecular complexity index is 622. The van der Waals surface area contributed by atoms with Gasteiger partial charge in [-0.25, -0.2) is 0 Å². The molecule has 1 aromatic carbocycles. The van der Waals surface area contributed by atoms with Crippen LogP contribution in [-0.4, -0.2) is 22.7 Å². The Morgan fingerprint density at radius 2 is 2.20 bits per heavy atom. The third-order valence-corrected chi connectivity index (χ3v) is 3.23. The lowest BCUT2D eigenvalue weighted by Crippen LogP contribution is -2.38. The molecule has 0 aliphatic heterocycles. The van der Waals surface area contributed by atoms with Crippen LogP contribution in [0.5, 0.6) is 0 Å². The Balaban J connectivity index is 2.06. The Morgan fingerprint density at radius 1 is 1.50 bits per heavy atom. The van der Waals surface area contributed by atoms with Gasteiger partial charge in [0.2, 0.25) is 5.76 Å². The fourth-order valence-electron chi connectivity index (χ4n) is 1.80. The molecule has 2 rings (SSSR count). The van der Waals surface area contributed by atoms with Crippen LogP contribution in [0.3, 0.4) is 0 Å². The summed E-state index contributed by atoms with van der Waals surface area (Å²) in [5.74, 6) is -0.324. The van der Waals surface area contributed by atoms with Gasteiger partial charge in [-0.3, -0.25) is 4.79 Å². The van der Waals surface area contributed by atoms with Gasteiger partial charge in [0.1, 0.15) is 5.60 Å². The van der Waals surface area contributed by atoms with E-state index in [1.807, 2.05) is 0 Å². The molecule has 106 valence electrons. The van der Waals surface area contributed by atoms with Crippen LogP contribution in [0.15, 0.2) is 34.9 Å². The van der Waals surface area contributed by atoms with Crippen molar-refractivity contribution in [1.29, 1.82) is 0 Å². The predicted molar refractivity (Wildman–Crippen MR) is 74.6 cm³/mol. The highest BCUT2D eigenvalue weighted by Gasteiger charge is 2.26. The molecule has 0 radical (unpaired) electrons. The van der Waals surface area contributed by atoms with Crippen molar-refractivity contribution in [2.75, 3.05) is 6.54 Å². The maximum Gasteiger partial charge on any atom is 0.290 e. The SMILES string of the molecule is Cc1cc(C(=O)NC[C@@](C)(O)c2ccccc2Cl)on1. The van der Waals surface area contributed by atoms with Crippen molar-refractivity contribution >= 4 is 17.5 Å². The first-order chi connectivity index (χ1) is 9.40. The van der Waals surface area contributed by atoms with Crippen LogP contribution in [0.1, 0.15) is 28.7 Å². The van der Waals surface area contributed by atoms with Gasteiger partial charge in [-0.15, -0.1) is 0 Å². The molecule has 0 saturated heterocycles. The molecular formula is C14H15ClN2O3. The number of halogens is 1. The fourth-order valence-corrected chi connectivity index (χ4v) is 2.14. The van der Waals surface area contributed by atoms with E-state index in [2.05, 4.69) is 10.5 Å². The van der Waals surface area contributed by atoms with Crippen molar-refractivity contribution < 1.29 is 14.4 Å². The molecule has 1 amide bonds. The van der Waals surface area contributed by atoms with Crippen molar-refractivity contribution in [1.82, 2.24) is 10.5 Å². The molecule has 0 saturated carbocycles. The van der Waals surface area contributed by atoms with Crippen molar-refractivity contribution in [2.45, 2.75) is 19.4 Å². The number of nitrogens with one attached hydrogen (secondary N) is 1. The molecule has 2 N–H and O–H groups in total. The van der Waals surface area contributed by atoms with Crippen molar-refractivity contribution in [3.05, 3.63) is 52.4 Å². The number of amides is 1. The molecule has 0 spiro atoms. The smallest absolute Gasteiger partial charge is 0.290 e. The lowest BCUT2D eigenvalue weighted by atomic mass is 9.96. The molecule has 0 fully saturated rings. The molecule has 1 atom stereocenters. The Hall–Kier alpha value is -1.85. The van der Waals surface area contributed by atoms with Gasteiger partial charge >= 0.3 is 0 Å². The van der Waals surface area contributed by atoms with Crippen LogP contribution >= 0.6 is 11.6 Å².